The van der Waals surface area contributed by atoms with Gasteiger partial charge in [-0.15, -0.1) is 6.58 Å². The summed E-state index contributed by atoms with van der Waals surface area (Å²) in [6, 6.07) is 0. The zero-order valence-corrected chi connectivity index (χ0v) is 16.9. The van der Waals surface area contributed by atoms with E-state index in [4.69, 9.17) is 0 Å². The lowest BCUT2D eigenvalue weighted by molar-refractivity contribution is -0.143. The first-order valence-corrected chi connectivity index (χ1v) is 10.7. The van der Waals surface area contributed by atoms with E-state index < -0.39 is 0 Å². The number of rotatable bonds is 7. The minimum Gasteiger partial charge on any atom is -0.342 e. The summed E-state index contributed by atoms with van der Waals surface area (Å²) in [6.45, 7) is 13.4. The summed E-state index contributed by atoms with van der Waals surface area (Å²) in [4.78, 5) is 31.2. The highest BCUT2D eigenvalue weighted by molar-refractivity contribution is 5.80. The number of nitrogens with zero attached hydrogens (tertiary/aromatic N) is 3. The minimum atomic E-state index is 0.201. The maximum atomic E-state index is 12.6. The molecule has 2 amide bonds. The zero-order valence-electron chi connectivity index (χ0n) is 16.9. The van der Waals surface area contributed by atoms with Crippen LogP contribution in [0, 0.1) is 17.8 Å². The molecule has 0 spiro atoms. The summed E-state index contributed by atoms with van der Waals surface area (Å²) in [5, 5.41) is 3.13. The predicted molar refractivity (Wildman–Crippen MR) is 107 cm³/mol. The number of carbonyl (C=O) groups excluding carboxylic acids is 2. The number of carbonyl (C=O) groups is 2. The van der Waals surface area contributed by atoms with E-state index in [1.807, 2.05) is 17.9 Å². The van der Waals surface area contributed by atoms with Crippen LogP contribution in [0.15, 0.2) is 12.7 Å². The normalized spacial score (nSPS) is 23.3. The van der Waals surface area contributed by atoms with Gasteiger partial charge in [-0.1, -0.05) is 13.0 Å². The number of piperidine rings is 2. The summed E-state index contributed by atoms with van der Waals surface area (Å²) in [7, 11) is 0. The molecular weight excluding hydrogens is 340 g/mol. The summed E-state index contributed by atoms with van der Waals surface area (Å²) >= 11 is 0. The monoisotopic (exact) mass is 376 g/mol. The lowest BCUT2D eigenvalue weighted by Crippen LogP contribution is -2.55. The molecule has 3 heterocycles. The topological polar surface area (TPSA) is 55.9 Å². The molecule has 0 aromatic rings. The van der Waals surface area contributed by atoms with Crippen LogP contribution in [0.5, 0.6) is 0 Å². The van der Waals surface area contributed by atoms with Crippen molar-refractivity contribution >= 4 is 11.8 Å². The first-order valence-electron chi connectivity index (χ1n) is 10.7. The van der Waals surface area contributed by atoms with Crippen LogP contribution in [0.25, 0.3) is 0 Å². The smallest absolute Gasteiger partial charge is 0.236 e. The van der Waals surface area contributed by atoms with E-state index in [1.54, 1.807) is 0 Å². The highest BCUT2D eigenvalue weighted by Crippen LogP contribution is 2.33. The molecule has 3 fully saturated rings. The molecule has 0 unspecified atom stereocenters. The Balaban J connectivity index is 1.36. The molecule has 0 aromatic carbocycles. The summed E-state index contributed by atoms with van der Waals surface area (Å²) < 4.78 is 0. The molecule has 6 heteroatoms. The van der Waals surface area contributed by atoms with Crippen molar-refractivity contribution in [2.75, 3.05) is 58.9 Å². The van der Waals surface area contributed by atoms with Crippen LogP contribution >= 0.6 is 0 Å². The van der Waals surface area contributed by atoms with Gasteiger partial charge in [0.25, 0.3) is 0 Å². The standard InChI is InChI=1S/C21H36N4O2/c1-3-9-23-15-19(16-23)21(27)25-12-7-18(8-13-25)17-5-10-24(11-6-17)20(26)14-22-4-2/h3,17-19,22H,1,4-16H2,2H3. The molecule has 3 aliphatic rings. The number of likely N-dealkylation sites (N-methyl/N-ethyl adjacent to an activating group) is 1. The van der Waals surface area contributed by atoms with E-state index in [-0.39, 0.29) is 11.8 Å². The van der Waals surface area contributed by atoms with Gasteiger partial charge in [-0.3, -0.25) is 14.5 Å². The van der Waals surface area contributed by atoms with Crippen LogP contribution < -0.4 is 5.32 Å². The van der Waals surface area contributed by atoms with Crippen molar-refractivity contribution in [2.45, 2.75) is 32.6 Å². The van der Waals surface area contributed by atoms with Crippen molar-refractivity contribution in [1.82, 2.24) is 20.0 Å². The van der Waals surface area contributed by atoms with Crippen LogP contribution in [0.3, 0.4) is 0 Å². The highest BCUT2D eigenvalue weighted by atomic mass is 16.2. The Morgan fingerprint density at radius 3 is 2.07 bits per heavy atom. The second-order valence-corrected chi connectivity index (χ2v) is 8.37. The van der Waals surface area contributed by atoms with Crippen LogP contribution in [0.1, 0.15) is 32.6 Å². The molecule has 1 N–H and O–H groups in total. The summed E-state index contributed by atoms with van der Waals surface area (Å²) in [5.74, 6) is 2.24. The van der Waals surface area contributed by atoms with E-state index in [9.17, 15) is 9.59 Å². The van der Waals surface area contributed by atoms with Gasteiger partial charge in [0.1, 0.15) is 0 Å². The number of hydrogen-bond donors (Lipinski definition) is 1. The average molecular weight is 377 g/mol. The van der Waals surface area contributed by atoms with Gasteiger partial charge in [0.05, 0.1) is 12.5 Å². The number of nitrogens with one attached hydrogen (secondary N) is 1. The number of hydrogen-bond acceptors (Lipinski definition) is 4. The fraction of sp³-hybridized carbons (Fsp3) is 0.810. The Morgan fingerprint density at radius 2 is 1.56 bits per heavy atom. The Bertz CT molecular complexity index is 516. The van der Waals surface area contributed by atoms with Crippen molar-refractivity contribution in [1.29, 1.82) is 0 Å². The van der Waals surface area contributed by atoms with Crippen molar-refractivity contribution in [3.8, 4) is 0 Å². The first-order chi connectivity index (χ1) is 13.1. The zero-order chi connectivity index (χ0) is 19.2. The lowest BCUT2D eigenvalue weighted by atomic mass is 9.78. The van der Waals surface area contributed by atoms with Crippen molar-refractivity contribution in [2.24, 2.45) is 17.8 Å². The summed E-state index contributed by atoms with van der Waals surface area (Å²) in [5.41, 5.74) is 0. The predicted octanol–water partition coefficient (Wildman–Crippen LogP) is 1.19. The molecular formula is C21H36N4O2. The SMILES string of the molecule is C=CCN1CC(C(=O)N2CCC(C3CCN(C(=O)CNCC)CC3)CC2)C1. The van der Waals surface area contributed by atoms with Gasteiger partial charge < -0.3 is 15.1 Å². The molecule has 3 aliphatic heterocycles. The van der Waals surface area contributed by atoms with E-state index in [0.29, 0.717) is 12.5 Å². The fourth-order valence-corrected chi connectivity index (χ4v) is 4.87. The van der Waals surface area contributed by atoms with Crippen molar-refractivity contribution < 1.29 is 9.59 Å². The highest BCUT2D eigenvalue weighted by Gasteiger charge is 2.37. The Kier molecular flexibility index (Phi) is 7.30. The molecule has 0 bridgehead atoms. The maximum absolute atomic E-state index is 12.6. The molecule has 0 radical (unpaired) electrons. The van der Waals surface area contributed by atoms with Crippen molar-refractivity contribution in [3.63, 3.8) is 0 Å². The fourth-order valence-electron chi connectivity index (χ4n) is 4.87. The lowest BCUT2D eigenvalue weighted by Gasteiger charge is -2.43. The maximum Gasteiger partial charge on any atom is 0.236 e. The van der Waals surface area contributed by atoms with Gasteiger partial charge in [0.2, 0.25) is 11.8 Å². The second kappa shape index (κ2) is 9.69. The number of amides is 2. The molecule has 27 heavy (non-hydrogen) atoms. The molecule has 3 saturated heterocycles. The molecule has 0 aliphatic carbocycles. The van der Waals surface area contributed by atoms with E-state index >= 15 is 0 Å². The molecule has 6 nitrogen and oxygen atoms in total. The van der Waals surface area contributed by atoms with E-state index in [1.165, 1.54) is 0 Å². The second-order valence-electron chi connectivity index (χ2n) is 8.37. The first kappa shape index (κ1) is 20.3. The Labute approximate surface area is 163 Å². The molecule has 152 valence electrons. The van der Waals surface area contributed by atoms with Gasteiger partial charge in [-0.2, -0.15) is 0 Å². The van der Waals surface area contributed by atoms with Gasteiger partial charge in [0, 0.05) is 45.8 Å². The van der Waals surface area contributed by atoms with Crippen LogP contribution in [-0.2, 0) is 9.59 Å². The number of likely N-dealkylation sites (tertiary alicyclic amines) is 3. The molecule has 0 aromatic heterocycles. The van der Waals surface area contributed by atoms with Crippen LogP contribution in [0.2, 0.25) is 0 Å². The minimum absolute atomic E-state index is 0.201. The Morgan fingerprint density at radius 1 is 1.00 bits per heavy atom. The molecule has 3 rings (SSSR count). The van der Waals surface area contributed by atoms with Crippen LogP contribution in [0.4, 0.5) is 0 Å². The molecule has 0 saturated carbocycles. The third-order valence-electron chi connectivity index (χ3n) is 6.63. The van der Waals surface area contributed by atoms with Crippen molar-refractivity contribution in [3.05, 3.63) is 12.7 Å². The average Bonchev–Trinajstić information content (AvgIpc) is 2.68. The Hall–Kier alpha value is -1.40. The van der Waals surface area contributed by atoms with Crippen LogP contribution in [-0.4, -0.2) is 85.4 Å². The summed E-state index contributed by atoms with van der Waals surface area (Å²) in [6.07, 6.45) is 6.41. The van der Waals surface area contributed by atoms with Gasteiger partial charge in [-0.25, -0.2) is 0 Å². The van der Waals surface area contributed by atoms with E-state index in [0.717, 1.165) is 89.9 Å². The largest absolute Gasteiger partial charge is 0.342 e. The third kappa shape index (κ3) is 5.11. The van der Waals surface area contributed by atoms with Gasteiger partial charge in [-0.05, 0) is 44.1 Å². The molecule has 0 atom stereocenters. The van der Waals surface area contributed by atoms with Gasteiger partial charge >= 0.3 is 0 Å². The van der Waals surface area contributed by atoms with E-state index in [2.05, 4.69) is 21.7 Å². The van der Waals surface area contributed by atoms with Gasteiger partial charge in [0.15, 0.2) is 0 Å². The third-order valence-corrected chi connectivity index (χ3v) is 6.63. The quantitative estimate of drug-likeness (QED) is 0.678.